The van der Waals surface area contributed by atoms with E-state index in [0.717, 1.165) is 28.2 Å². The van der Waals surface area contributed by atoms with E-state index in [1.165, 1.54) is 77.9 Å². The first-order valence-electron chi connectivity index (χ1n) is 23.0. The third kappa shape index (κ3) is 8.51. The molecule has 11 rings (SSSR count). The average Bonchev–Trinajstić information content (AvgIpc) is 3.42. The Kier molecular flexibility index (Phi) is 11.5. The molecule has 0 unspecified atom stereocenters. The molecule has 1 nitrogen and oxygen atoms in total. The van der Waals surface area contributed by atoms with E-state index < -0.39 is 0 Å². The molecule has 11 aromatic carbocycles. The van der Waals surface area contributed by atoms with Crippen molar-refractivity contribution in [2.75, 3.05) is 4.90 Å². The number of anilines is 3. The second-order valence-corrected chi connectivity index (χ2v) is 16.8. The Morgan fingerprint density at radius 1 is 0.164 bits per heavy atom. The van der Waals surface area contributed by atoms with Gasteiger partial charge in [-0.3, -0.25) is 0 Å². The first-order chi connectivity index (χ1) is 33.2. The monoisotopic (exact) mass is 853 g/mol. The molecule has 0 saturated carbocycles. The molecule has 0 amide bonds. The van der Waals surface area contributed by atoms with Gasteiger partial charge in [0.05, 0.1) is 5.69 Å². The molecule has 0 aliphatic rings. The number of para-hydroxylation sites is 1. The zero-order valence-corrected chi connectivity index (χ0v) is 37.1. The van der Waals surface area contributed by atoms with Crippen molar-refractivity contribution in [3.05, 3.63) is 285 Å². The smallest absolute Gasteiger partial charge is 0.0540 e. The summed E-state index contributed by atoms with van der Waals surface area (Å²) in [5.74, 6) is 0. The molecule has 0 N–H and O–H groups in total. The third-order valence-electron chi connectivity index (χ3n) is 12.7. The normalized spacial score (nSPS) is 11.0. The fourth-order valence-corrected chi connectivity index (χ4v) is 9.45. The lowest BCUT2D eigenvalue weighted by molar-refractivity contribution is 1.28. The fraction of sp³-hybridized carbons (Fsp3) is 0. The minimum absolute atomic E-state index is 1.07. The number of nitrogens with zero attached hydrogens (tertiary/aromatic N) is 1. The highest BCUT2D eigenvalue weighted by Gasteiger charge is 2.21. The maximum Gasteiger partial charge on any atom is 0.0540 e. The molecular formula is C66H47N. The molecule has 316 valence electrons. The highest BCUT2D eigenvalue weighted by Crippen LogP contribution is 2.46. The van der Waals surface area contributed by atoms with Gasteiger partial charge in [0.15, 0.2) is 0 Å². The minimum Gasteiger partial charge on any atom is -0.310 e. The predicted octanol–water partition coefficient (Wildman–Crippen LogP) is 18.5. The molecule has 0 aromatic heterocycles. The molecule has 0 spiro atoms. The van der Waals surface area contributed by atoms with Crippen LogP contribution in [0, 0.1) is 0 Å². The lowest BCUT2D eigenvalue weighted by atomic mass is 9.88. The molecule has 0 atom stereocenters. The van der Waals surface area contributed by atoms with Crippen molar-refractivity contribution < 1.29 is 0 Å². The summed E-state index contributed by atoms with van der Waals surface area (Å²) < 4.78 is 0. The van der Waals surface area contributed by atoms with Crippen molar-refractivity contribution in [2.45, 2.75) is 0 Å². The van der Waals surface area contributed by atoms with E-state index in [2.05, 4.69) is 290 Å². The molecule has 0 aliphatic carbocycles. The highest BCUT2D eigenvalue weighted by molar-refractivity contribution is 5.97. The van der Waals surface area contributed by atoms with Gasteiger partial charge in [0.1, 0.15) is 0 Å². The highest BCUT2D eigenvalue weighted by atomic mass is 15.1. The molecule has 0 aliphatic heterocycles. The summed E-state index contributed by atoms with van der Waals surface area (Å²) in [6, 6.07) is 103. The summed E-state index contributed by atoms with van der Waals surface area (Å²) >= 11 is 0. The first-order valence-corrected chi connectivity index (χ1v) is 23.0. The SMILES string of the molecule is c1ccc(-c2cc(-c3ccccc3)cc(-c3ccc(N(c4ccc(-c5ccccc5-c5ccccc5)cc4)c4ccccc4-c4ccccc4-c4ccccc4-c4ccccc4)cc3)c2)cc1. The van der Waals surface area contributed by atoms with E-state index in [9.17, 15) is 0 Å². The van der Waals surface area contributed by atoms with Gasteiger partial charge >= 0.3 is 0 Å². The number of hydrogen-bond donors (Lipinski definition) is 0. The lowest BCUT2D eigenvalue weighted by Crippen LogP contribution is -2.11. The Hall–Kier alpha value is -8.78. The van der Waals surface area contributed by atoms with Crippen molar-refractivity contribution in [2.24, 2.45) is 0 Å². The summed E-state index contributed by atoms with van der Waals surface area (Å²) in [5.41, 5.74) is 22.2. The van der Waals surface area contributed by atoms with Crippen LogP contribution in [0.25, 0.3) is 89.0 Å². The van der Waals surface area contributed by atoms with Crippen LogP contribution in [0.15, 0.2) is 285 Å². The quantitative estimate of drug-likeness (QED) is 0.125. The van der Waals surface area contributed by atoms with Gasteiger partial charge in [-0.2, -0.15) is 0 Å². The molecule has 67 heavy (non-hydrogen) atoms. The molecule has 0 radical (unpaired) electrons. The zero-order chi connectivity index (χ0) is 44.8. The van der Waals surface area contributed by atoms with Crippen molar-refractivity contribution in [3.8, 4) is 89.0 Å². The van der Waals surface area contributed by atoms with Crippen LogP contribution >= 0.6 is 0 Å². The molecular weight excluding hydrogens is 807 g/mol. The summed E-state index contributed by atoms with van der Waals surface area (Å²) in [6.07, 6.45) is 0. The number of hydrogen-bond acceptors (Lipinski definition) is 1. The molecule has 1 heteroatoms. The maximum absolute atomic E-state index is 2.42. The van der Waals surface area contributed by atoms with Crippen LogP contribution in [0.3, 0.4) is 0 Å². The van der Waals surface area contributed by atoms with E-state index >= 15 is 0 Å². The topological polar surface area (TPSA) is 3.24 Å². The Bertz CT molecular complexity index is 3360. The van der Waals surface area contributed by atoms with Crippen molar-refractivity contribution >= 4 is 17.1 Å². The van der Waals surface area contributed by atoms with Crippen LogP contribution in [0.4, 0.5) is 17.1 Å². The molecule has 0 saturated heterocycles. The van der Waals surface area contributed by atoms with Crippen molar-refractivity contribution in [1.82, 2.24) is 0 Å². The van der Waals surface area contributed by atoms with Gasteiger partial charge in [0.25, 0.3) is 0 Å². The largest absolute Gasteiger partial charge is 0.310 e. The summed E-state index contributed by atoms with van der Waals surface area (Å²) in [5, 5.41) is 0. The lowest BCUT2D eigenvalue weighted by Gasteiger charge is -2.29. The molecule has 11 aromatic rings. The van der Waals surface area contributed by atoms with E-state index in [1.807, 2.05) is 0 Å². The summed E-state index contributed by atoms with van der Waals surface area (Å²) in [7, 11) is 0. The van der Waals surface area contributed by atoms with Crippen LogP contribution in [-0.4, -0.2) is 0 Å². The second kappa shape index (κ2) is 18.7. The van der Waals surface area contributed by atoms with Crippen LogP contribution in [0.5, 0.6) is 0 Å². The third-order valence-corrected chi connectivity index (χ3v) is 12.7. The Morgan fingerprint density at radius 3 is 0.836 bits per heavy atom. The van der Waals surface area contributed by atoms with Crippen molar-refractivity contribution in [1.29, 1.82) is 0 Å². The van der Waals surface area contributed by atoms with E-state index in [-0.39, 0.29) is 0 Å². The van der Waals surface area contributed by atoms with Gasteiger partial charge in [-0.05, 0) is 132 Å². The Labute approximate surface area is 394 Å². The summed E-state index contributed by atoms with van der Waals surface area (Å²) in [6.45, 7) is 0. The van der Waals surface area contributed by atoms with Gasteiger partial charge in [0, 0.05) is 16.9 Å². The predicted molar refractivity (Wildman–Crippen MR) is 285 cm³/mol. The number of benzene rings is 11. The fourth-order valence-electron chi connectivity index (χ4n) is 9.45. The van der Waals surface area contributed by atoms with Crippen LogP contribution in [0.1, 0.15) is 0 Å². The first kappa shape index (κ1) is 41.0. The minimum atomic E-state index is 1.07. The summed E-state index contributed by atoms with van der Waals surface area (Å²) in [4.78, 5) is 2.42. The van der Waals surface area contributed by atoms with Gasteiger partial charge < -0.3 is 4.90 Å². The molecule has 0 fully saturated rings. The van der Waals surface area contributed by atoms with E-state index in [1.54, 1.807) is 0 Å². The van der Waals surface area contributed by atoms with Gasteiger partial charge in [-0.1, -0.05) is 237 Å². The van der Waals surface area contributed by atoms with Crippen LogP contribution < -0.4 is 4.90 Å². The van der Waals surface area contributed by atoms with Gasteiger partial charge in [0.2, 0.25) is 0 Å². The zero-order valence-electron chi connectivity index (χ0n) is 37.1. The standard InChI is InChI=1S/C66H47N/c1-5-21-48(22-6-1)54-45-55(49-23-7-2-8-24-49)47-56(46-54)50-37-41-57(42-38-50)67(58-43-39-53(40-44-58)60-30-14-13-29-59(60)51-25-9-3-10-26-51)66-36-20-19-35-65(66)64-34-18-17-33-63(64)62-32-16-15-31-61(62)52-27-11-4-12-28-52/h1-47H. The number of rotatable bonds is 11. The molecule has 0 bridgehead atoms. The second-order valence-electron chi connectivity index (χ2n) is 16.8. The van der Waals surface area contributed by atoms with Gasteiger partial charge in [-0.25, -0.2) is 0 Å². The molecule has 0 heterocycles. The maximum atomic E-state index is 2.42. The van der Waals surface area contributed by atoms with Crippen LogP contribution in [0.2, 0.25) is 0 Å². The average molecular weight is 854 g/mol. The van der Waals surface area contributed by atoms with E-state index in [0.29, 0.717) is 0 Å². The Morgan fingerprint density at radius 2 is 0.418 bits per heavy atom. The van der Waals surface area contributed by atoms with E-state index in [4.69, 9.17) is 0 Å². The Balaban J connectivity index is 1.05. The van der Waals surface area contributed by atoms with Crippen LogP contribution in [-0.2, 0) is 0 Å². The van der Waals surface area contributed by atoms with Crippen molar-refractivity contribution in [3.63, 3.8) is 0 Å². The van der Waals surface area contributed by atoms with Gasteiger partial charge in [-0.15, -0.1) is 0 Å².